The van der Waals surface area contributed by atoms with Crippen molar-refractivity contribution >= 4 is 22.4 Å². The van der Waals surface area contributed by atoms with E-state index >= 15 is 0 Å². The van der Waals surface area contributed by atoms with Crippen LogP contribution in [0.2, 0.25) is 0 Å². The maximum Gasteiger partial charge on any atom is 0.337 e. The fourth-order valence-corrected chi connectivity index (χ4v) is 2.45. The largest absolute Gasteiger partial charge is 0.465 e. The van der Waals surface area contributed by atoms with Gasteiger partial charge in [0.25, 0.3) is 0 Å². The summed E-state index contributed by atoms with van der Waals surface area (Å²) in [6, 6.07) is 22.0. The van der Waals surface area contributed by atoms with Crippen molar-refractivity contribution in [3.63, 3.8) is 0 Å². The minimum Gasteiger partial charge on any atom is -0.465 e. The van der Waals surface area contributed by atoms with Crippen LogP contribution in [0.1, 0.15) is 15.9 Å². The lowest BCUT2D eigenvalue weighted by Crippen LogP contribution is -2.03. The molecule has 0 aromatic heterocycles. The standard InChI is InChI=1S/C19H17NO2/c1-22-19(21)16-11-9-14(10-12-16)13-20-18-8-4-6-15-5-2-3-7-17(15)18/h2-12,20H,13H2,1H3. The van der Waals surface area contributed by atoms with E-state index in [1.165, 1.54) is 17.9 Å². The second kappa shape index (κ2) is 6.31. The van der Waals surface area contributed by atoms with Crippen LogP contribution in [0.4, 0.5) is 5.69 Å². The van der Waals surface area contributed by atoms with Gasteiger partial charge in [0.2, 0.25) is 0 Å². The van der Waals surface area contributed by atoms with Crippen molar-refractivity contribution in [1.82, 2.24) is 0 Å². The van der Waals surface area contributed by atoms with Gasteiger partial charge in [-0.2, -0.15) is 0 Å². The van der Waals surface area contributed by atoms with Gasteiger partial charge in [-0.3, -0.25) is 0 Å². The molecule has 0 bridgehead atoms. The molecule has 0 saturated carbocycles. The van der Waals surface area contributed by atoms with E-state index < -0.39 is 0 Å². The molecular formula is C19H17NO2. The Hall–Kier alpha value is -2.81. The molecule has 1 N–H and O–H groups in total. The third-order valence-electron chi connectivity index (χ3n) is 3.65. The number of hydrogen-bond donors (Lipinski definition) is 1. The summed E-state index contributed by atoms with van der Waals surface area (Å²) in [4.78, 5) is 11.4. The second-order valence-electron chi connectivity index (χ2n) is 5.07. The fourth-order valence-electron chi connectivity index (χ4n) is 2.45. The fraction of sp³-hybridized carbons (Fsp3) is 0.105. The molecule has 0 aliphatic rings. The molecule has 0 aliphatic heterocycles. The third kappa shape index (κ3) is 2.93. The van der Waals surface area contributed by atoms with E-state index in [9.17, 15) is 4.79 Å². The molecule has 0 unspecified atom stereocenters. The summed E-state index contributed by atoms with van der Waals surface area (Å²) in [5, 5.41) is 5.87. The lowest BCUT2D eigenvalue weighted by molar-refractivity contribution is 0.0600. The molecule has 0 fully saturated rings. The van der Waals surface area contributed by atoms with Crippen LogP contribution in [0.15, 0.2) is 66.7 Å². The molecule has 110 valence electrons. The van der Waals surface area contributed by atoms with Crippen LogP contribution < -0.4 is 5.32 Å². The number of rotatable bonds is 4. The van der Waals surface area contributed by atoms with Gasteiger partial charge >= 0.3 is 5.97 Å². The van der Waals surface area contributed by atoms with E-state index in [0.29, 0.717) is 12.1 Å². The molecule has 0 spiro atoms. The number of ether oxygens (including phenoxy) is 1. The third-order valence-corrected chi connectivity index (χ3v) is 3.65. The van der Waals surface area contributed by atoms with Crippen molar-refractivity contribution in [2.75, 3.05) is 12.4 Å². The molecule has 3 heteroatoms. The number of benzene rings is 3. The first-order valence-electron chi connectivity index (χ1n) is 7.17. The molecule has 0 aliphatic carbocycles. The summed E-state index contributed by atoms with van der Waals surface area (Å²) in [5.41, 5.74) is 2.78. The van der Waals surface area contributed by atoms with Crippen LogP contribution in [0.5, 0.6) is 0 Å². The lowest BCUT2D eigenvalue weighted by atomic mass is 10.1. The Morgan fingerprint density at radius 1 is 0.955 bits per heavy atom. The predicted molar refractivity (Wildman–Crippen MR) is 89.1 cm³/mol. The van der Waals surface area contributed by atoms with Gasteiger partial charge in [0, 0.05) is 17.6 Å². The van der Waals surface area contributed by atoms with Gasteiger partial charge in [-0.1, -0.05) is 48.5 Å². The van der Waals surface area contributed by atoms with Crippen LogP contribution in [0, 0.1) is 0 Å². The number of fused-ring (bicyclic) bond motifs is 1. The quantitative estimate of drug-likeness (QED) is 0.731. The van der Waals surface area contributed by atoms with Gasteiger partial charge < -0.3 is 10.1 Å². The average Bonchev–Trinajstić information content (AvgIpc) is 2.59. The van der Waals surface area contributed by atoms with Gasteiger partial charge in [-0.25, -0.2) is 4.79 Å². The number of methoxy groups -OCH3 is 1. The predicted octanol–water partition coefficient (Wildman–Crippen LogP) is 4.24. The number of carbonyl (C=O) groups is 1. The van der Waals surface area contributed by atoms with Crippen molar-refractivity contribution < 1.29 is 9.53 Å². The number of carbonyl (C=O) groups excluding carboxylic acids is 1. The highest BCUT2D eigenvalue weighted by atomic mass is 16.5. The number of nitrogens with one attached hydrogen (secondary N) is 1. The first-order valence-corrected chi connectivity index (χ1v) is 7.17. The highest BCUT2D eigenvalue weighted by Crippen LogP contribution is 2.23. The molecular weight excluding hydrogens is 274 g/mol. The summed E-state index contributed by atoms with van der Waals surface area (Å²) in [6.07, 6.45) is 0. The van der Waals surface area contributed by atoms with Crippen LogP contribution in [-0.4, -0.2) is 13.1 Å². The zero-order chi connectivity index (χ0) is 15.4. The Kier molecular flexibility index (Phi) is 4.05. The van der Waals surface area contributed by atoms with E-state index in [-0.39, 0.29) is 5.97 Å². The van der Waals surface area contributed by atoms with E-state index in [0.717, 1.165) is 11.3 Å². The van der Waals surface area contributed by atoms with Gasteiger partial charge in [0.1, 0.15) is 0 Å². The van der Waals surface area contributed by atoms with E-state index in [1.54, 1.807) is 12.1 Å². The Bertz CT molecular complexity index is 789. The Balaban J connectivity index is 1.75. The van der Waals surface area contributed by atoms with Gasteiger partial charge in [0.15, 0.2) is 0 Å². The molecule has 0 heterocycles. The van der Waals surface area contributed by atoms with Crippen LogP contribution in [0.25, 0.3) is 10.8 Å². The summed E-state index contributed by atoms with van der Waals surface area (Å²) in [6.45, 7) is 0.704. The molecule has 0 amide bonds. The van der Waals surface area contributed by atoms with Gasteiger partial charge in [-0.05, 0) is 29.1 Å². The maximum atomic E-state index is 11.4. The van der Waals surface area contributed by atoms with E-state index in [2.05, 4.69) is 29.6 Å². The Labute approximate surface area is 129 Å². The maximum absolute atomic E-state index is 11.4. The topological polar surface area (TPSA) is 38.3 Å². The average molecular weight is 291 g/mol. The Morgan fingerprint density at radius 2 is 1.68 bits per heavy atom. The van der Waals surface area contributed by atoms with Crippen LogP contribution >= 0.6 is 0 Å². The molecule has 3 aromatic carbocycles. The van der Waals surface area contributed by atoms with Crippen molar-refractivity contribution in [2.45, 2.75) is 6.54 Å². The first kappa shape index (κ1) is 14.1. The summed E-state index contributed by atoms with van der Waals surface area (Å²) in [5.74, 6) is -0.312. The van der Waals surface area contributed by atoms with Gasteiger partial charge in [0.05, 0.1) is 12.7 Å². The van der Waals surface area contributed by atoms with E-state index in [4.69, 9.17) is 4.74 Å². The minimum atomic E-state index is -0.312. The second-order valence-corrected chi connectivity index (χ2v) is 5.07. The number of esters is 1. The summed E-state index contributed by atoms with van der Waals surface area (Å²) >= 11 is 0. The molecule has 22 heavy (non-hydrogen) atoms. The zero-order valence-corrected chi connectivity index (χ0v) is 12.4. The highest BCUT2D eigenvalue weighted by Gasteiger charge is 2.04. The van der Waals surface area contributed by atoms with Crippen molar-refractivity contribution in [3.05, 3.63) is 77.9 Å². The van der Waals surface area contributed by atoms with Crippen LogP contribution in [0.3, 0.4) is 0 Å². The smallest absolute Gasteiger partial charge is 0.337 e. The molecule has 3 nitrogen and oxygen atoms in total. The molecule has 0 saturated heterocycles. The molecule has 0 radical (unpaired) electrons. The highest BCUT2D eigenvalue weighted by molar-refractivity contribution is 5.93. The summed E-state index contributed by atoms with van der Waals surface area (Å²) < 4.78 is 4.70. The molecule has 3 rings (SSSR count). The summed E-state index contributed by atoms with van der Waals surface area (Å²) in [7, 11) is 1.39. The monoisotopic (exact) mass is 291 g/mol. The van der Waals surface area contributed by atoms with E-state index in [1.807, 2.05) is 30.3 Å². The van der Waals surface area contributed by atoms with Crippen molar-refractivity contribution in [1.29, 1.82) is 0 Å². The number of anilines is 1. The SMILES string of the molecule is COC(=O)c1ccc(CNc2cccc3ccccc23)cc1. The first-order chi connectivity index (χ1) is 10.8. The molecule has 0 atom stereocenters. The Morgan fingerprint density at radius 3 is 2.45 bits per heavy atom. The lowest BCUT2D eigenvalue weighted by Gasteiger charge is -2.10. The van der Waals surface area contributed by atoms with Crippen molar-refractivity contribution in [3.8, 4) is 0 Å². The number of hydrogen-bond acceptors (Lipinski definition) is 3. The normalized spacial score (nSPS) is 10.4. The van der Waals surface area contributed by atoms with Crippen molar-refractivity contribution in [2.24, 2.45) is 0 Å². The minimum absolute atomic E-state index is 0.312. The van der Waals surface area contributed by atoms with Gasteiger partial charge in [-0.15, -0.1) is 0 Å². The molecule has 3 aromatic rings. The zero-order valence-electron chi connectivity index (χ0n) is 12.4. The van der Waals surface area contributed by atoms with Crippen LogP contribution in [-0.2, 0) is 11.3 Å².